The van der Waals surface area contributed by atoms with Crippen molar-refractivity contribution in [2.45, 2.75) is 30.7 Å². The number of nitrogens with one attached hydrogen (secondary N) is 2. The number of nitrogens with zero attached hydrogens (tertiary/aromatic N) is 1. The molecule has 0 saturated carbocycles. The molecule has 0 saturated heterocycles. The summed E-state index contributed by atoms with van der Waals surface area (Å²) < 4.78 is 43.7. The molecule has 0 bridgehead atoms. The van der Waals surface area contributed by atoms with Gasteiger partial charge in [0, 0.05) is 20.8 Å². The highest BCUT2D eigenvalue weighted by atomic mass is 32.2. The fourth-order valence-corrected chi connectivity index (χ4v) is 4.23. The Kier molecular flexibility index (Phi) is 6.25. The minimum absolute atomic E-state index is 0. The lowest BCUT2D eigenvalue weighted by Gasteiger charge is -2.35. The van der Waals surface area contributed by atoms with E-state index in [0.29, 0.717) is 12.2 Å². The van der Waals surface area contributed by atoms with Gasteiger partial charge in [-0.15, -0.1) is 0 Å². The molecule has 0 spiro atoms. The number of rotatable bonds is 5. The van der Waals surface area contributed by atoms with Crippen LogP contribution in [0.2, 0.25) is 0 Å². The van der Waals surface area contributed by atoms with Gasteiger partial charge in [0.1, 0.15) is 11.9 Å². The highest BCUT2D eigenvalue weighted by Gasteiger charge is 2.26. The van der Waals surface area contributed by atoms with Crippen LogP contribution in [-0.2, 0) is 26.0 Å². The van der Waals surface area contributed by atoms with Crippen LogP contribution in [0.15, 0.2) is 47.4 Å². The van der Waals surface area contributed by atoms with Crippen molar-refractivity contribution in [1.29, 1.82) is 0 Å². The zero-order chi connectivity index (χ0) is 21.9. The number of benzene rings is 2. The van der Waals surface area contributed by atoms with Gasteiger partial charge in [0.2, 0.25) is 5.91 Å². The maximum absolute atomic E-state index is 13.5. The molecule has 1 atom stereocenters. The van der Waals surface area contributed by atoms with E-state index in [1.807, 2.05) is 4.90 Å². The first-order chi connectivity index (χ1) is 14.2. The second-order valence-corrected chi connectivity index (χ2v) is 8.54. The Morgan fingerprint density at radius 1 is 1.20 bits per heavy atom. The van der Waals surface area contributed by atoms with Gasteiger partial charge in [0.05, 0.1) is 12.0 Å². The number of hydrogen-bond acceptors (Lipinski definition) is 6. The summed E-state index contributed by atoms with van der Waals surface area (Å²) in [6.07, 6.45) is 0.476. The molecule has 2 aromatic carbocycles. The molecule has 1 aliphatic heterocycles. The maximum Gasteiger partial charge on any atom is 0.420 e. The summed E-state index contributed by atoms with van der Waals surface area (Å²) in [6, 6.07) is 9.43. The van der Waals surface area contributed by atoms with Crippen molar-refractivity contribution in [2.75, 3.05) is 23.9 Å². The van der Waals surface area contributed by atoms with Gasteiger partial charge >= 0.3 is 6.09 Å². The zero-order valence-corrected chi connectivity index (χ0v) is 17.3. The quantitative estimate of drug-likeness (QED) is 0.742. The average Bonchev–Trinajstić information content (AvgIpc) is 2.72. The monoisotopic (exact) mass is 439 g/mol. The third kappa shape index (κ3) is 4.70. The number of anilines is 2. The molecule has 8 nitrogen and oxygen atoms in total. The third-order valence-corrected chi connectivity index (χ3v) is 6.21. The fourth-order valence-electron chi connectivity index (χ4n) is 3.31. The van der Waals surface area contributed by atoms with E-state index in [1.165, 1.54) is 36.4 Å². The van der Waals surface area contributed by atoms with E-state index >= 15 is 0 Å². The minimum atomic E-state index is -4.06. The number of methoxy groups -OCH3 is 1. The molecule has 30 heavy (non-hydrogen) atoms. The largest absolute Gasteiger partial charge is 0.452 e. The highest BCUT2D eigenvalue weighted by Crippen LogP contribution is 2.29. The lowest BCUT2D eigenvalue weighted by Crippen LogP contribution is -2.44. The molecule has 2 amide bonds. The zero-order valence-electron chi connectivity index (χ0n) is 16.5. The molecule has 0 radical (unpaired) electrons. The Bertz CT molecular complexity index is 1070. The Morgan fingerprint density at radius 2 is 1.90 bits per heavy atom. The Labute approximate surface area is 177 Å². The molecule has 0 unspecified atom stereocenters. The first kappa shape index (κ1) is 21.6. The molecule has 1 heterocycles. The van der Waals surface area contributed by atoms with Crippen molar-refractivity contribution >= 4 is 33.4 Å². The van der Waals surface area contributed by atoms with Crippen LogP contribution in [0.4, 0.5) is 20.6 Å². The van der Waals surface area contributed by atoms with Crippen LogP contribution in [0, 0.1) is 5.82 Å². The molecule has 10 heteroatoms. The number of carbonyl (C=O) groups is 2. The number of amides is 2. The topological polar surface area (TPSA) is 105 Å². The summed E-state index contributed by atoms with van der Waals surface area (Å²) in [4.78, 5) is 25.7. The number of halogens is 1. The standard InChI is InChI=1S/C20H22FN3O5S.2H2/c1-13(24-11-3-4-14-12-15(21)5-10-18(14)24)19(25)22-16-6-8-17(9-7-16)30(27,28)23-20(26)29-2;;/h5-10,12-13H,3-4,11H2,1-2H3,(H,22,25)(H,23,26);2*1H/t13-;;/m0../s1. The number of ether oxygens (including phenoxy) is 1. The smallest absolute Gasteiger partial charge is 0.420 e. The maximum atomic E-state index is 13.5. The highest BCUT2D eigenvalue weighted by molar-refractivity contribution is 7.90. The van der Waals surface area contributed by atoms with Crippen LogP contribution in [0.25, 0.3) is 0 Å². The van der Waals surface area contributed by atoms with Crippen LogP contribution < -0.4 is 14.9 Å². The minimum Gasteiger partial charge on any atom is -0.452 e. The Hall–Kier alpha value is -3.14. The van der Waals surface area contributed by atoms with Crippen LogP contribution in [0.3, 0.4) is 0 Å². The van der Waals surface area contributed by atoms with Crippen molar-refractivity contribution in [3.63, 3.8) is 0 Å². The summed E-state index contributed by atoms with van der Waals surface area (Å²) >= 11 is 0. The number of sulfonamides is 1. The van der Waals surface area contributed by atoms with Gasteiger partial charge < -0.3 is 15.0 Å². The van der Waals surface area contributed by atoms with Gasteiger partial charge in [0.15, 0.2) is 0 Å². The summed E-state index contributed by atoms with van der Waals surface area (Å²) in [7, 11) is -3.01. The molecule has 0 fully saturated rings. The number of aryl methyl sites for hydroxylation is 1. The van der Waals surface area contributed by atoms with Gasteiger partial charge in [-0.2, -0.15) is 0 Å². The van der Waals surface area contributed by atoms with Gasteiger partial charge in [-0.1, -0.05) is 0 Å². The van der Waals surface area contributed by atoms with Gasteiger partial charge in [-0.25, -0.2) is 22.3 Å². The molecule has 0 aliphatic carbocycles. The van der Waals surface area contributed by atoms with Crippen molar-refractivity contribution in [1.82, 2.24) is 4.72 Å². The van der Waals surface area contributed by atoms with E-state index in [-0.39, 0.29) is 19.5 Å². The molecule has 0 aromatic heterocycles. The lowest BCUT2D eigenvalue weighted by molar-refractivity contribution is -0.117. The molecule has 2 N–H and O–H groups in total. The second kappa shape index (κ2) is 8.70. The van der Waals surface area contributed by atoms with E-state index in [4.69, 9.17) is 0 Å². The van der Waals surface area contributed by atoms with Crippen LogP contribution in [0.5, 0.6) is 0 Å². The van der Waals surface area contributed by atoms with Gasteiger partial charge in [-0.3, -0.25) is 4.79 Å². The van der Waals surface area contributed by atoms with E-state index < -0.39 is 22.2 Å². The molecule has 3 rings (SSSR count). The number of hydrogen-bond donors (Lipinski definition) is 2. The summed E-state index contributed by atoms with van der Waals surface area (Å²) in [5.41, 5.74) is 2.11. The summed E-state index contributed by atoms with van der Waals surface area (Å²) in [6.45, 7) is 2.43. The normalized spacial score (nSPS) is 14.4. The Morgan fingerprint density at radius 3 is 2.57 bits per heavy atom. The summed E-state index contributed by atoms with van der Waals surface area (Å²) in [5.74, 6) is -0.583. The summed E-state index contributed by atoms with van der Waals surface area (Å²) in [5, 5.41) is 2.75. The molecule has 164 valence electrons. The molecule has 2 aromatic rings. The second-order valence-electron chi connectivity index (χ2n) is 6.86. The number of fused-ring (bicyclic) bond motifs is 1. The molecular weight excluding hydrogens is 413 g/mol. The van der Waals surface area contributed by atoms with E-state index in [2.05, 4.69) is 10.1 Å². The predicted molar refractivity (Wildman–Crippen MR) is 114 cm³/mol. The van der Waals surface area contributed by atoms with Crippen molar-refractivity contribution in [3.8, 4) is 0 Å². The van der Waals surface area contributed by atoms with Crippen molar-refractivity contribution < 1.29 is 30.0 Å². The van der Waals surface area contributed by atoms with Gasteiger partial charge in [-0.05, 0) is 67.8 Å². The van der Waals surface area contributed by atoms with E-state index in [0.717, 1.165) is 31.2 Å². The fraction of sp³-hybridized carbons (Fsp3) is 0.300. The molecule has 1 aliphatic rings. The predicted octanol–water partition coefficient (Wildman–Crippen LogP) is 3.14. The van der Waals surface area contributed by atoms with E-state index in [1.54, 1.807) is 17.7 Å². The van der Waals surface area contributed by atoms with E-state index in [9.17, 15) is 22.4 Å². The molecular formula is C20H26FN3O5S. The van der Waals surface area contributed by atoms with Crippen LogP contribution >= 0.6 is 0 Å². The number of carbonyl (C=O) groups excluding carboxylic acids is 2. The SMILES string of the molecule is COC(=O)NS(=O)(=O)c1ccc(NC(=O)[C@H](C)N2CCCc3cc(F)ccc32)cc1.[HH].[HH]. The van der Waals surface area contributed by atoms with Crippen LogP contribution in [0.1, 0.15) is 21.8 Å². The third-order valence-electron chi connectivity index (χ3n) is 4.88. The van der Waals surface area contributed by atoms with Crippen molar-refractivity contribution in [3.05, 3.63) is 53.8 Å². The van der Waals surface area contributed by atoms with Crippen LogP contribution in [-0.4, -0.2) is 40.1 Å². The first-order valence-corrected chi connectivity index (χ1v) is 10.8. The first-order valence-electron chi connectivity index (χ1n) is 9.28. The van der Waals surface area contributed by atoms with Crippen molar-refractivity contribution in [2.24, 2.45) is 0 Å². The average molecular weight is 440 g/mol. The Balaban J connectivity index is 0.00000256. The van der Waals surface area contributed by atoms with Gasteiger partial charge in [0.25, 0.3) is 10.0 Å². The lowest BCUT2D eigenvalue weighted by atomic mass is 10.00.